The molecule has 4 atom stereocenters. The molecule has 2 aliphatic heterocycles. The highest BCUT2D eigenvalue weighted by Crippen LogP contribution is 2.39. The van der Waals surface area contributed by atoms with Gasteiger partial charge in [-0.1, -0.05) is 65.0 Å². The van der Waals surface area contributed by atoms with Crippen molar-refractivity contribution in [3.63, 3.8) is 0 Å². The molecular formula is C35H49ClN6O6. The van der Waals surface area contributed by atoms with Crippen LogP contribution in [0.1, 0.15) is 104 Å². The van der Waals surface area contributed by atoms with Crippen LogP contribution in [0.5, 0.6) is 0 Å². The number of hydrogen-bond donors (Lipinski definition) is 4. The SMILES string of the molecule is CCC[C@H](NC(=O)[C@@H]1C[C@]2(C=C(c3cc(Cl)ccn3)NO2)CN1C(=O)[C@@H](NC(=O)CC1CCCCC1)C(C)(C)C)C(=O)C(=O)NC1CC1. The van der Waals surface area contributed by atoms with Crippen molar-refractivity contribution in [2.75, 3.05) is 6.54 Å². The van der Waals surface area contributed by atoms with Gasteiger partial charge in [-0.05, 0) is 61.6 Å². The Balaban J connectivity index is 1.40. The third-order valence-corrected chi connectivity index (χ3v) is 9.91. The van der Waals surface area contributed by atoms with Crippen LogP contribution in [0.2, 0.25) is 5.02 Å². The minimum atomic E-state index is -1.11. The summed E-state index contributed by atoms with van der Waals surface area (Å²) >= 11 is 6.21. The van der Waals surface area contributed by atoms with Crippen LogP contribution in [0, 0.1) is 11.3 Å². The molecule has 3 heterocycles. The number of nitrogens with one attached hydrogen (secondary N) is 4. The van der Waals surface area contributed by atoms with Gasteiger partial charge in [0.05, 0.1) is 24.0 Å². The zero-order chi connectivity index (χ0) is 34.6. The van der Waals surface area contributed by atoms with E-state index in [0.717, 1.165) is 38.5 Å². The second kappa shape index (κ2) is 14.9. The standard InChI is InChI=1S/C35H49ClN6O6/c1-5-9-24(29(44)32(46)38-23-12-13-23)39-31(45)27-19-35(18-26(41-48-35)25-17-22(36)14-15-37-25)20-42(27)33(47)30(34(2,3)4)40-28(43)16-21-10-7-6-8-11-21/h14-15,17-18,21,23-24,27,30,41H,5-13,16,19-20H2,1-4H3,(H,38,46)(H,39,45)(H,40,43)/t24-,27-,30+,35+/m0/s1. The molecule has 0 aromatic carbocycles. The molecule has 2 saturated carbocycles. The van der Waals surface area contributed by atoms with Crippen molar-refractivity contribution in [3.8, 4) is 0 Å². The van der Waals surface area contributed by atoms with Crippen molar-refractivity contribution in [2.45, 2.75) is 128 Å². The Kier molecular flexibility index (Phi) is 11.1. The molecule has 4 N–H and O–H groups in total. The molecule has 13 heteroatoms. The number of likely N-dealkylation sites (tertiary alicyclic amines) is 1. The maximum Gasteiger partial charge on any atom is 0.289 e. The summed E-state index contributed by atoms with van der Waals surface area (Å²) in [7, 11) is 0. The van der Waals surface area contributed by atoms with E-state index in [1.54, 1.807) is 24.4 Å². The number of hydroxylamine groups is 1. The number of rotatable bonds is 12. The highest BCUT2D eigenvalue weighted by Gasteiger charge is 2.54. The zero-order valence-corrected chi connectivity index (χ0v) is 29.2. The summed E-state index contributed by atoms with van der Waals surface area (Å²) in [6.07, 6.45) is 11.6. The molecule has 0 unspecified atom stereocenters. The second-order valence-electron chi connectivity index (χ2n) is 14.9. The maximum atomic E-state index is 14.5. The van der Waals surface area contributed by atoms with Crippen LogP contribution in [0.3, 0.4) is 0 Å². The van der Waals surface area contributed by atoms with Gasteiger partial charge in [-0.2, -0.15) is 0 Å². The summed E-state index contributed by atoms with van der Waals surface area (Å²) in [4.78, 5) is 79.6. The molecule has 1 spiro atoms. The number of ketones is 1. The van der Waals surface area contributed by atoms with Crippen molar-refractivity contribution in [2.24, 2.45) is 11.3 Å². The number of amides is 4. The smallest absolute Gasteiger partial charge is 0.289 e. The number of hydrogen-bond acceptors (Lipinski definition) is 8. The Hall–Kier alpha value is -3.51. The van der Waals surface area contributed by atoms with Crippen molar-refractivity contribution in [1.82, 2.24) is 31.3 Å². The molecule has 0 bridgehead atoms. The van der Waals surface area contributed by atoms with Gasteiger partial charge in [0.1, 0.15) is 17.7 Å². The summed E-state index contributed by atoms with van der Waals surface area (Å²) < 4.78 is 0. The predicted molar refractivity (Wildman–Crippen MR) is 180 cm³/mol. The summed E-state index contributed by atoms with van der Waals surface area (Å²) in [5.74, 6) is -2.32. The molecule has 0 radical (unpaired) electrons. The molecular weight excluding hydrogens is 636 g/mol. The Morgan fingerprint density at radius 2 is 1.83 bits per heavy atom. The summed E-state index contributed by atoms with van der Waals surface area (Å²) in [6.45, 7) is 7.50. The van der Waals surface area contributed by atoms with E-state index >= 15 is 0 Å². The lowest BCUT2D eigenvalue weighted by molar-refractivity contribution is -0.145. The van der Waals surface area contributed by atoms with Gasteiger partial charge in [-0.25, -0.2) is 0 Å². The number of carbonyl (C=O) groups excluding carboxylic acids is 5. The Morgan fingerprint density at radius 3 is 2.48 bits per heavy atom. The monoisotopic (exact) mass is 684 g/mol. The van der Waals surface area contributed by atoms with E-state index in [-0.39, 0.29) is 37.3 Å². The lowest BCUT2D eigenvalue weighted by atomic mass is 9.84. The highest BCUT2D eigenvalue weighted by atomic mass is 35.5. The third-order valence-electron chi connectivity index (χ3n) is 9.67. The lowest BCUT2D eigenvalue weighted by Gasteiger charge is -2.36. The largest absolute Gasteiger partial charge is 0.347 e. The van der Waals surface area contributed by atoms with Crippen LogP contribution >= 0.6 is 11.6 Å². The number of aromatic nitrogens is 1. The molecule has 4 amide bonds. The van der Waals surface area contributed by atoms with Gasteiger partial charge in [0.25, 0.3) is 5.91 Å². The van der Waals surface area contributed by atoms with Gasteiger partial charge < -0.3 is 20.9 Å². The predicted octanol–water partition coefficient (Wildman–Crippen LogP) is 3.58. The fourth-order valence-corrected chi connectivity index (χ4v) is 7.02. The molecule has 4 aliphatic rings. The Labute approximate surface area is 287 Å². The molecule has 3 fully saturated rings. The minimum Gasteiger partial charge on any atom is -0.347 e. The minimum absolute atomic E-state index is 0.000613. The van der Waals surface area contributed by atoms with E-state index in [9.17, 15) is 24.0 Å². The lowest BCUT2D eigenvalue weighted by Crippen LogP contribution is -2.59. The normalized spacial score (nSPS) is 24.0. The number of halogens is 1. The number of pyridine rings is 1. The topological polar surface area (TPSA) is 159 Å². The van der Waals surface area contributed by atoms with E-state index in [1.165, 1.54) is 11.3 Å². The van der Waals surface area contributed by atoms with Crippen LogP contribution < -0.4 is 21.4 Å². The van der Waals surface area contributed by atoms with Crippen LogP contribution in [0.25, 0.3) is 5.70 Å². The first-order valence-electron chi connectivity index (χ1n) is 17.3. The molecule has 1 aromatic rings. The number of nitrogens with zero attached hydrogens (tertiary/aromatic N) is 2. The zero-order valence-electron chi connectivity index (χ0n) is 28.4. The molecule has 12 nitrogen and oxygen atoms in total. The summed E-state index contributed by atoms with van der Waals surface area (Å²) in [5, 5.41) is 9.00. The maximum absolute atomic E-state index is 14.5. The van der Waals surface area contributed by atoms with Crippen LogP contribution in [-0.2, 0) is 28.8 Å². The Morgan fingerprint density at radius 1 is 1.10 bits per heavy atom. The van der Waals surface area contributed by atoms with Crippen LogP contribution in [0.15, 0.2) is 24.4 Å². The first-order valence-corrected chi connectivity index (χ1v) is 17.7. The molecule has 48 heavy (non-hydrogen) atoms. The third kappa shape index (κ3) is 8.74. The molecule has 1 saturated heterocycles. The molecule has 1 aromatic heterocycles. The fraction of sp³-hybridized carbons (Fsp3) is 0.657. The van der Waals surface area contributed by atoms with E-state index in [2.05, 4.69) is 26.4 Å². The van der Waals surface area contributed by atoms with Crippen molar-refractivity contribution < 1.29 is 28.8 Å². The average Bonchev–Trinajstić information content (AvgIpc) is 3.63. The molecule has 2 aliphatic carbocycles. The highest BCUT2D eigenvalue weighted by molar-refractivity contribution is 6.38. The van der Waals surface area contributed by atoms with Gasteiger partial charge in [0, 0.05) is 30.1 Å². The van der Waals surface area contributed by atoms with E-state index in [4.69, 9.17) is 16.4 Å². The van der Waals surface area contributed by atoms with Crippen LogP contribution in [-0.4, -0.2) is 75.6 Å². The molecule has 262 valence electrons. The van der Waals surface area contributed by atoms with E-state index in [0.29, 0.717) is 29.3 Å². The van der Waals surface area contributed by atoms with E-state index < -0.39 is 52.6 Å². The molecule has 5 rings (SSSR count). The van der Waals surface area contributed by atoms with Gasteiger partial charge in [-0.3, -0.25) is 39.3 Å². The summed E-state index contributed by atoms with van der Waals surface area (Å²) in [5.41, 5.74) is 2.17. The van der Waals surface area contributed by atoms with E-state index in [1.807, 2.05) is 27.7 Å². The fourth-order valence-electron chi connectivity index (χ4n) is 6.86. The van der Waals surface area contributed by atoms with Crippen molar-refractivity contribution in [3.05, 3.63) is 35.1 Å². The van der Waals surface area contributed by atoms with Crippen molar-refractivity contribution >= 4 is 46.7 Å². The van der Waals surface area contributed by atoms with Crippen LogP contribution in [0.4, 0.5) is 0 Å². The number of carbonyl (C=O) groups is 5. The van der Waals surface area contributed by atoms with Gasteiger partial charge in [-0.15, -0.1) is 0 Å². The first kappa shape index (κ1) is 35.8. The average molecular weight is 685 g/mol. The number of Topliss-reactive ketones (excluding diaryl/α,β-unsaturated/α-hetero) is 1. The van der Waals surface area contributed by atoms with Gasteiger partial charge in [0.15, 0.2) is 0 Å². The Bertz CT molecular complexity index is 1430. The quantitative estimate of drug-likeness (QED) is 0.243. The van der Waals surface area contributed by atoms with Gasteiger partial charge in [0.2, 0.25) is 23.5 Å². The first-order chi connectivity index (χ1) is 22.8. The van der Waals surface area contributed by atoms with Gasteiger partial charge >= 0.3 is 0 Å². The van der Waals surface area contributed by atoms with Crippen molar-refractivity contribution in [1.29, 1.82) is 0 Å². The second-order valence-corrected chi connectivity index (χ2v) is 15.3. The summed E-state index contributed by atoms with van der Waals surface area (Å²) in [6, 6.07) is 0.293.